The van der Waals surface area contributed by atoms with Crippen LogP contribution in [-0.2, 0) is 23.6 Å². The first kappa shape index (κ1) is 31.4. The lowest BCUT2D eigenvalue weighted by molar-refractivity contribution is -0.137. The number of rotatable bonds is 8. The summed E-state index contributed by atoms with van der Waals surface area (Å²) in [5.74, 6) is -0.740. The first-order valence-corrected chi connectivity index (χ1v) is 13.6. The molecule has 2 N–H and O–H groups in total. The summed E-state index contributed by atoms with van der Waals surface area (Å²) in [6.45, 7) is 21.6. The van der Waals surface area contributed by atoms with Crippen molar-refractivity contribution >= 4 is 25.0 Å². The SMILES string of the molecule is CC(=O)N[C@](CCCCB1OC(C)(C)C(C)(C)O1)(C(=O)NC(C)(C)C)C1CCN(C(=O)OC(C)(C)C)C1. The van der Waals surface area contributed by atoms with Gasteiger partial charge in [-0.05, 0) is 88.4 Å². The van der Waals surface area contributed by atoms with Gasteiger partial charge in [0.05, 0.1) is 11.2 Å². The second-order valence-electron chi connectivity index (χ2n) is 13.7. The standard InChI is InChI=1S/C27H50BN3O6/c1-19(32)29-27(21(33)30-23(2,3)4,20-14-17-31(18-20)22(34)35-24(5,6)7)15-12-13-16-28-36-25(8,9)26(10,11)37-28/h20H,12-18H2,1-11H3,(H,29,32)(H,30,33)/t20?,27-/m0/s1. The zero-order chi connectivity index (χ0) is 28.4. The van der Waals surface area contributed by atoms with Crippen molar-refractivity contribution in [2.24, 2.45) is 5.92 Å². The van der Waals surface area contributed by atoms with Crippen molar-refractivity contribution in [3.63, 3.8) is 0 Å². The Bertz CT molecular complexity index is 832. The van der Waals surface area contributed by atoms with Crippen molar-refractivity contribution in [2.75, 3.05) is 13.1 Å². The van der Waals surface area contributed by atoms with Crippen LogP contribution < -0.4 is 10.6 Å². The third-order valence-corrected chi connectivity index (χ3v) is 7.39. The lowest BCUT2D eigenvalue weighted by Crippen LogP contribution is -2.65. The summed E-state index contributed by atoms with van der Waals surface area (Å²) < 4.78 is 17.8. The average Bonchev–Trinajstić information content (AvgIpc) is 3.24. The Morgan fingerprint density at radius 2 is 1.54 bits per heavy atom. The van der Waals surface area contributed by atoms with Gasteiger partial charge in [0.25, 0.3) is 0 Å². The molecular weight excluding hydrogens is 473 g/mol. The molecule has 2 atom stereocenters. The molecule has 2 rings (SSSR count). The molecule has 1 unspecified atom stereocenters. The highest BCUT2D eigenvalue weighted by Gasteiger charge is 2.52. The van der Waals surface area contributed by atoms with Crippen molar-refractivity contribution in [3.8, 4) is 0 Å². The van der Waals surface area contributed by atoms with Gasteiger partial charge in [0.1, 0.15) is 11.1 Å². The van der Waals surface area contributed by atoms with Crippen LogP contribution in [0.3, 0.4) is 0 Å². The first-order valence-electron chi connectivity index (χ1n) is 13.6. The molecule has 10 heteroatoms. The van der Waals surface area contributed by atoms with E-state index in [1.54, 1.807) is 4.90 Å². The highest BCUT2D eigenvalue weighted by molar-refractivity contribution is 6.45. The van der Waals surface area contributed by atoms with E-state index >= 15 is 0 Å². The van der Waals surface area contributed by atoms with Crippen LogP contribution in [-0.4, -0.2) is 70.9 Å². The van der Waals surface area contributed by atoms with E-state index in [-0.39, 0.29) is 36.1 Å². The summed E-state index contributed by atoms with van der Waals surface area (Å²) in [5.41, 5.74) is -3.02. The molecule has 0 radical (unpaired) electrons. The summed E-state index contributed by atoms with van der Waals surface area (Å²) in [7, 11) is -0.308. The maximum atomic E-state index is 13.8. The normalized spacial score (nSPS) is 22.9. The Morgan fingerprint density at radius 3 is 2.03 bits per heavy atom. The summed E-state index contributed by atoms with van der Waals surface area (Å²) in [5, 5.41) is 6.12. The fourth-order valence-corrected chi connectivity index (χ4v) is 4.94. The number of hydrogen-bond acceptors (Lipinski definition) is 6. The molecule has 37 heavy (non-hydrogen) atoms. The van der Waals surface area contributed by atoms with E-state index in [9.17, 15) is 14.4 Å². The molecule has 9 nitrogen and oxygen atoms in total. The highest BCUT2D eigenvalue weighted by Crippen LogP contribution is 2.39. The number of nitrogens with zero attached hydrogens (tertiary/aromatic N) is 1. The molecule has 212 valence electrons. The molecule has 0 aromatic heterocycles. The van der Waals surface area contributed by atoms with Crippen LogP contribution in [0.25, 0.3) is 0 Å². The van der Waals surface area contributed by atoms with Crippen molar-refractivity contribution in [1.29, 1.82) is 0 Å². The smallest absolute Gasteiger partial charge is 0.444 e. The number of hydrogen-bond donors (Lipinski definition) is 2. The van der Waals surface area contributed by atoms with Crippen LogP contribution in [0.4, 0.5) is 4.79 Å². The summed E-state index contributed by atoms with van der Waals surface area (Å²) in [6.07, 6.45) is 2.78. The predicted molar refractivity (Wildman–Crippen MR) is 145 cm³/mol. The minimum absolute atomic E-state index is 0.220. The zero-order valence-electron chi connectivity index (χ0n) is 25.0. The van der Waals surface area contributed by atoms with Gasteiger partial charge in [-0.3, -0.25) is 9.59 Å². The van der Waals surface area contributed by atoms with Gasteiger partial charge >= 0.3 is 13.2 Å². The zero-order valence-corrected chi connectivity index (χ0v) is 25.0. The molecule has 0 spiro atoms. The van der Waals surface area contributed by atoms with Gasteiger partial charge in [-0.15, -0.1) is 0 Å². The molecule has 2 aliphatic heterocycles. The monoisotopic (exact) mass is 523 g/mol. The van der Waals surface area contributed by atoms with Gasteiger partial charge in [-0.2, -0.15) is 0 Å². The van der Waals surface area contributed by atoms with Crippen molar-refractivity contribution in [2.45, 2.75) is 136 Å². The maximum absolute atomic E-state index is 13.8. The quantitative estimate of drug-likeness (QED) is 0.363. The van der Waals surface area contributed by atoms with E-state index in [0.717, 1.165) is 6.42 Å². The van der Waals surface area contributed by atoms with E-state index in [2.05, 4.69) is 10.6 Å². The average molecular weight is 524 g/mol. The summed E-state index contributed by atoms with van der Waals surface area (Å²) in [4.78, 5) is 40.7. The predicted octanol–water partition coefficient (Wildman–Crippen LogP) is 4.30. The Kier molecular flexibility index (Phi) is 9.45. The van der Waals surface area contributed by atoms with Gasteiger partial charge in [0.2, 0.25) is 11.8 Å². The molecular formula is C27H50BN3O6. The highest BCUT2D eigenvalue weighted by atomic mass is 16.7. The maximum Gasteiger partial charge on any atom is 0.457 e. The van der Waals surface area contributed by atoms with Gasteiger partial charge < -0.3 is 29.6 Å². The number of amides is 3. The number of ether oxygens (including phenoxy) is 1. The summed E-state index contributed by atoms with van der Waals surface area (Å²) >= 11 is 0. The second-order valence-corrected chi connectivity index (χ2v) is 13.7. The number of likely N-dealkylation sites (tertiary alicyclic amines) is 1. The van der Waals surface area contributed by atoms with E-state index < -0.39 is 22.8 Å². The van der Waals surface area contributed by atoms with Gasteiger partial charge in [0, 0.05) is 31.5 Å². The molecule has 2 heterocycles. The molecule has 0 saturated carbocycles. The van der Waals surface area contributed by atoms with Crippen LogP contribution in [0, 0.1) is 5.92 Å². The number of carbonyl (C=O) groups excluding carboxylic acids is 3. The number of nitrogens with one attached hydrogen (secondary N) is 2. The number of carbonyl (C=O) groups is 3. The molecule has 0 bridgehead atoms. The number of unbranched alkanes of at least 4 members (excludes halogenated alkanes) is 1. The van der Waals surface area contributed by atoms with Crippen LogP contribution in [0.15, 0.2) is 0 Å². The van der Waals surface area contributed by atoms with Crippen LogP contribution in [0.2, 0.25) is 6.32 Å². The molecule has 2 aliphatic rings. The van der Waals surface area contributed by atoms with Crippen LogP contribution in [0.5, 0.6) is 0 Å². The Morgan fingerprint density at radius 1 is 0.973 bits per heavy atom. The summed E-state index contributed by atoms with van der Waals surface area (Å²) in [6, 6.07) is 0. The Balaban J connectivity index is 2.20. The van der Waals surface area contributed by atoms with Crippen molar-refractivity contribution < 1.29 is 28.4 Å². The van der Waals surface area contributed by atoms with Crippen LogP contribution in [0.1, 0.15) is 102 Å². The molecule has 2 saturated heterocycles. The third-order valence-electron chi connectivity index (χ3n) is 7.39. The van der Waals surface area contributed by atoms with Gasteiger partial charge in [0.15, 0.2) is 0 Å². The lowest BCUT2D eigenvalue weighted by atomic mass is 9.75. The Labute approximate surface area is 224 Å². The molecule has 0 aromatic carbocycles. The van der Waals surface area contributed by atoms with Crippen molar-refractivity contribution in [1.82, 2.24) is 15.5 Å². The molecule has 0 aromatic rings. The minimum atomic E-state index is -1.15. The third kappa shape index (κ3) is 8.34. The van der Waals surface area contributed by atoms with E-state index in [0.29, 0.717) is 38.7 Å². The fraction of sp³-hybridized carbons (Fsp3) is 0.889. The van der Waals surface area contributed by atoms with E-state index in [1.807, 2.05) is 69.2 Å². The van der Waals surface area contributed by atoms with E-state index in [4.69, 9.17) is 14.0 Å². The molecule has 3 amide bonds. The largest absolute Gasteiger partial charge is 0.457 e. The topological polar surface area (TPSA) is 106 Å². The minimum Gasteiger partial charge on any atom is -0.444 e. The molecule has 2 fully saturated rings. The Hall–Kier alpha value is -1.81. The second kappa shape index (κ2) is 11.1. The molecule has 0 aliphatic carbocycles. The van der Waals surface area contributed by atoms with Crippen LogP contribution >= 0.6 is 0 Å². The van der Waals surface area contributed by atoms with Gasteiger partial charge in [-0.25, -0.2) is 4.79 Å². The first-order chi connectivity index (χ1) is 16.7. The lowest BCUT2D eigenvalue weighted by Gasteiger charge is -2.40. The van der Waals surface area contributed by atoms with Crippen molar-refractivity contribution in [3.05, 3.63) is 0 Å². The fourth-order valence-electron chi connectivity index (χ4n) is 4.94. The van der Waals surface area contributed by atoms with Gasteiger partial charge in [-0.1, -0.05) is 12.8 Å². The van der Waals surface area contributed by atoms with E-state index in [1.165, 1.54) is 6.92 Å².